The van der Waals surface area contributed by atoms with Crippen LogP contribution in [-0.2, 0) is 4.74 Å². The van der Waals surface area contributed by atoms with Crippen molar-refractivity contribution in [3.63, 3.8) is 0 Å². The smallest absolute Gasteiger partial charge is 0.0673 e. The van der Waals surface area contributed by atoms with Crippen LogP contribution in [-0.4, -0.2) is 50.8 Å². The zero-order chi connectivity index (χ0) is 26.4. The molecule has 37 heavy (non-hydrogen) atoms. The summed E-state index contributed by atoms with van der Waals surface area (Å²) in [6.07, 6.45) is 21.8. The highest BCUT2D eigenvalue weighted by atomic mass is 35.5. The van der Waals surface area contributed by atoms with E-state index in [1.54, 1.807) is 5.57 Å². The van der Waals surface area contributed by atoms with Gasteiger partial charge in [-0.05, 0) is 98.5 Å². The Hall–Kier alpha value is -0.870. The molecule has 1 saturated heterocycles. The monoisotopic (exact) mass is 528 g/mol. The molecule has 0 bridgehead atoms. The van der Waals surface area contributed by atoms with E-state index in [0.29, 0.717) is 29.2 Å². The van der Waals surface area contributed by atoms with Gasteiger partial charge >= 0.3 is 0 Å². The lowest BCUT2D eigenvalue weighted by molar-refractivity contribution is 0.0120. The van der Waals surface area contributed by atoms with E-state index in [9.17, 15) is 0 Å². The van der Waals surface area contributed by atoms with Crippen LogP contribution in [0.1, 0.15) is 79.1 Å². The summed E-state index contributed by atoms with van der Waals surface area (Å²) in [6.45, 7) is 15.2. The van der Waals surface area contributed by atoms with Crippen molar-refractivity contribution < 1.29 is 4.74 Å². The van der Waals surface area contributed by atoms with Gasteiger partial charge in [0.05, 0.1) is 6.61 Å². The normalized spacial score (nSPS) is 31.6. The van der Waals surface area contributed by atoms with E-state index in [4.69, 9.17) is 16.3 Å². The molecule has 0 aromatic rings. The summed E-state index contributed by atoms with van der Waals surface area (Å²) in [5.74, 6) is 3.54. The molecule has 3 aliphatic carbocycles. The van der Waals surface area contributed by atoms with E-state index in [-0.39, 0.29) is 0 Å². The topological polar surface area (TPSA) is 24.5 Å². The number of allylic oxidation sites excluding steroid dienone is 6. The molecular formula is C33H53ClN2O. The predicted molar refractivity (Wildman–Crippen MR) is 159 cm³/mol. The molecule has 0 amide bonds. The minimum Gasteiger partial charge on any atom is -0.380 e. The zero-order valence-electron chi connectivity index (χ0n) is 24.3. The fourth-order valence-corrected chi connectivity index (χ4v) is 7.83. The first-order valence-corrected chi connectivity index (χ1v) is 15.5. The van der Waals surface area contributed by atoms with Crippen molar-refractivity contribution in [3.8, 4) is 0 Å². The van der Waals surface area contributed by atoms with Gasteiger partial charge in [0.1, 0.15) is 0 Å². The Kier molecular flexibility index (Phi) is 10.6. The number of hydrogen-bond acceptors (Lipinski definition) is 3. The van der Waals surface area contributed by atoms with E-state index in [2.05, 4.69) is 68.3 Å². The van der Waals surface area contributed by atoms with Gasteiger partial charge in [-0.2, -0.15) is 0 Å². The van der Waals surface area contributed by atoms with Gasteiger partial charge in [0.25, 0.3) is 0 Å². The highest BCUT2D eigenvalue weighted by molar-refractivity contribution is 6.29. The van der Waals surface area contributed by atoms with Crippen molar-refractivity contribution in [2.45, 2.75) is 85.1 Å². The number of rotatable bonds is 10. The van der Waals surface area contributed by atoms with E-state index in [0.717, 1.165) is 43.0 Å². The molecule has 5 atom stereocenters. The lowest BCUT2D eigenvalue weighted by atomic mass is 9.65. The fraction of sp³-hybridized carbons (Fsp3) is 0.758. The quantitative estimate of drug-likeness (QED) is 0.293. The first-order valence-electron chi connectivity index (χ1n) is 15.1. The van der Waals surface area contributed by atoms with Crippen molar-refractivity contribution in [2.24, 2.45) is 35.0 Å². The molecule has 4 heteroatoms. The van der Waals surface area contributed by atoms with Crippen LogP contribution in [0.25, 0.3) is 0 Å². The third-order valence-electron chi connectivity index (χ3n) is 9.76. The van der Waals surface area contributed by atoms with Crippen LogP contribution in [0.5, 0.6) is 0 Å². The van der Waals surface area contributed by atoms with Crippen LogP contribution in [0.3, 0.4) is 0 Å². The molecule has 4 rings (SSSR count). The van der Waals surface area contributed by atoms with Crippen LogP contribution in [0.2, 0.25) is 0 Å². The summed E-state index contributed by atoms with van der Waals surface area (Å²) >= 11 is 6.28. The average Bonchev–Trinajstić information content (AvgIpc) is 2.87. The molecule has 1 aliphatic heterocycles. The molecule has 0 aromatic heterocycles. The molecule has 3 nitrogen and oxygen atoms in total. The summed E-state index contributed by atoms with van der Waals surface area (Å²) < 4.78 is 5.42. The van der Waals surface area contributed by atoms with Gasteiger partial charge in [-0.1, -0.05) is 75.2 Å². The molecule has 1 fully saturated rings. The lowest BCUT2D eigenvalue weighted by Gasteiger charge is -2.49. The van der Waals surface area contributed by atoms with Gasteiger partial charge in [0.15, 0.2) is 0 Å². The number of nitrogens with zero attached hydrogens (tertiary/aromatic N) is 1. The van der Waals surface area contributed by atoms with E-state index in [1.807, 2.05) is 7.11 Å². The molecule has 0 spiro atoms. The Morgan fingerprint density at radius 2 is 1.97 bits per heavy atom. The first-order chi connectivity index (χ1) is 17.7. The summed E-state index contributed by atoms with van der Waals surface area (Å²) in [6, 6.07) is 0.525. The van der Waals surface area contributed by atoms with Crippen molar-refractivity contribution in [3.05, 3.63) is 46.6 Å². The number of piperidine rings is 1. The molecule has 0 aromatic carbocycles. The van der Waals surface area contributed by atoms with Gasteiger partial charge in [0.2, 0.25) is 0 Å². The van der Waals surface area contributed by atoms with Crippen LogP contribution in [0, 0.1) is 35.0 Å². The van der Waals surface area contributed by atoms with E-state index in [1.165, 1.54) is 63.6 Å². The lowest BCUT2D eigenvalue weighted by Crippen LogP contribution is -2.53. The summed E-state index contributed by atoms with van der Waals surface area (Å²) in [7, 11) is 1.82. The molecule has 1 heterocycles. The Morgan fingerprint density at radius 3 is 2.68 bits per heavy atom. The standard InChI is InChI=1S/C33H53ClN2O/c1-24(2)32(21-36-17-16-31(33(3,4)23-36)27-12-14-30(34)15-13-27)35-20-25-8-6-10-28(18-25)29-11-7-9-26(19-29)22-37-5/h6,8,10,14,19,24,27-29,31-32,35H,7,9,11-13,15-18,20-23H2,1-5H3/t27?,28?,29?,31?,32-/m0/s1. The van der Waals surface area contributed by atoms with Crippen LogP contribution in [0.4, 0.5) is 0 Å². The molecule has 0 saturated carbocycles. The Labute approximate surface area is 232 Å². The third-order valence-corrected chi connectivity index (χ3v) is 10.1. The summed E-state index contributed by atoms with van der Waals surface area (Å²) in [5.41, 5.74) is 3.42. The second-order valence-corrected chi connectivity index (χ2v) is 13.9. The molecule has 208 valence electrons. The number of methoxy groups -OCH3 is 1. The SMILES string of the molecule is COCC1=CC(C2C=CC=C(CN[C@@H](CN3CCC(C4CC=C(Cl)CC4)C(C)(C)C3)C(C)C)C2)CCC1. The Morgan fingerprint density at radius 1 is 1.14 bits per heavy atom. The van der Waals surface area contributed by atoms with E-state index >= 15 is 0 Å². The zero-order valence-corrected chi connectivity index (χ0v) is 25.0. The fourth-order valence-electron chi connectivity index (χ4n) is 7.63. The van der Waals surface area contributed by atoms with Crippen molar-refractivity contribution >= 4 is 11.6 Å². The van der Waals surface area contributed by atoms with Gasteiger partial charge in [-0.15, -0.1) is 0 Å². The maximum absolute atomic E-state index is 6.28. The van der Waals surface area contributed by atoms with Crippen LogP contribution in [0.15, 0.2) is 46.6 Å². The maximum atomic E-state index is 6.28. The van der Waals surface area contributed by atoms with Crippen LogP contribution >= 0.6 is 11.6 Å². The van der Waals surface area contributed by atoms with Crippen molar-refractivity contribution in [1.29, 1.82) is 0 Å². The molecule has 1 N–H and O–H groups in total. The maximum Gasteiger partial charge on any atom is 0.0673 e. The Bertz CT molecular complexity index is 870. The average molecular weight is 529 g/mol. The number of nitrogens with one attached hydrogen (secondary N) is 1. The van der Waals surface area contributed by atoms with Gasteiger partial charge < -0.3 is 15.0 Å². The Balaban J connectivity index is 1.28. The molecule has 0 radical (unpaired) electrons. The number of likely N-dealkylation sites (tertiary alicyclic amines) is 1. The number of halogens is 1. The number of ether oxygens (including phenoxy) is 1. The van der Waals surface area contributed by atoms with Gasteiger partial charge in [-0.3, -0.25) is 0 Å². The summed E-state index contributed by atoms with van der Waals surface area (Å²) in [5, 5.41) is 5.08. The molecular weight excluding hydrogens is 476 g/mol. The first kappa shape index (κ1) is 29.1. The van der Waals surface area contributed by atoms with E-state index < -0.39 is 0 Å². The number of hydrogen-bond donors (Lipinski definition) is 1. The van der Waals surface area contributed by atoms with Gasteiger partial charge in [-0.25, -0.2) is 0 Å². The largest absolute Gasteiger partial charge is 0.380 e. The van der Waals surface area contributed by atoms with Crippen molar-refractivity contribution in [1.82, 2.24) is 10.2 Å². The molecule has 4 aliphatic rings. The summed E-state index contributed by atoms with van der Waals surface area (Å²) in [4.78, 5) is 2.75. The van der Waals surface area contributed by atoms with Crippen LogP contribution < -0.4 is 5.32 Å². The van der Waals surface area contributed by atoms with Crippen molar-refractivity contribution in [2.75, 3.05) is 39.9 Å². The highest BCUT2D eigenvalue weighted by Gasteiger charge is 2.40. The third kappa shape index (κ3) is 8.07. The predicted octanol–water partition coefficient (Wildman–Crippen LogP) is 7.75. The second kappa shape index (κ2) is 13.5. The highest BCUT2D eigenvalue weighted by Crippen LogP contribution is 2.45. The second-order valence-electron chi connectivity index (χ2n) is 13.4. The minimum atomic E-state index is 0.362. The minimum absolute atomic E-state index is 0.362. The van der Waals surface area contributed by atoms with Gasteiger partial charge in [0, 0.05) is 37.8 Å². The molecule has 4 unspecified atom stereocenters.